The zero-order valence-electron chi connectivity index (χ0n) is 10.7. The highest BCUT2D eigenvalue weighted by molar-refractivity contribution is 9.10. The lowest BCUT2D eigenvalue weighted by Gasteiger charge is -2.07. The van der Waals surface area contributed by atoms with Gasteiger partial charge in [-0.25, -0.2) is 9.67 Å². The predicted octanol–water partition coefficient (Wildman–Crippen LogP) is 3.76. The topological polar surface area (TPSA) is 42.7 Å². The maximum absolute atomic E-state index is 4.10. The summed E-state index contributed by atoms with van der Waals surface area (Å²) in [5, 5.41) is 9.61. The fourth-order valence-corrected chi connectivity index (χ4v) is 3.30. The van der Waals surface area contributed by atoms with Crippen LogP contribution >= 0.6 is 27.3 Å². The number of benzene rings is 1. The van der Waals surface area contributed by atoms with Crippen LogP contribution < -0.4 is 5.32 Å². The minimum absolute atomic E-state index is 0.747. The van der Waals surface area contributed by atoms with Gasteiger partial charge in [-0.2, -0.15) is 5.10 Å². The standard InChI is InChI=1S/C14H13BrN4S/c15-13-5-6-20-14(13)7-17-12-3-1-11(2-4-12)8-19-10-16-9-18-19/h1-6,9-10,17H,7-8H2. The van der Waals surface area contributed by atoms with Gasteiger partial charge in [-0.15, -0.1) is 11.3 Å². The van der Waals surface area contributed by atoms with Crippen molar-refractivity contribution in [1.82, 2.24) is 14.8 Å². The average Bonchev–Trinajstić information content (AvgIpc) is 3.10. The van der Waals surface area contributed by atoms with Gasteiger partial charge >= 0.3 is 0 Å². The molecule has 3 rings (SSSR count). The highest BCUT2D eigenvalue weighted by Crippen LogP contribution is 2.23. The van der Waals surface area contributed by atoms with Crippen LogP contribution in [0.5, 0.6) is 0 Å². The summed E-state index contributed by atoms with van der Waals surface area (Å²) in [7, 11) is 0. The first-order valence-electron chi connectivity index (χ1n) is 6.18. The number of hydrogen-bond acceptors (Lipinski definition) is 4. The smallest absolute Gasteiger partial charge is 0.137 e. The molecule has 2 heterocycles. The van der Waals surface area contributed by atoms with Gasteiger partial charge in [-0.1, -0.05) is 12.1 Å². The Morgan fingerprint density at radius 1 is 1.20 bits per heavy atom. The number of anilines is 1. The van der Waals surface area contributed by atoms with Crippen LogP contribution in [-0.4, -0.2) is 14.8 Å². The number of aromatic nitrogens is 3. The molecule has 0 bridgehead atoms. The number of hydrogen-bond donors (Lipinski definition) is 1. The fraction of sp³-hybridized carbons (Fsp3) is 0.143. The highest BCUT2D eigenvalue weighted by atomic mass is 79.9. The van der Waals surface area contributed by atoms with E-state index in [1.54, 1.807) is 24.0 Å². The molecule has 0 spiro atoms. The molecule has 0 aliphatic carbocycles. The van der Waals surface area contributed by atoms with Gasteiger partial charge in [0, 0.05) is 15.0 Å². The van der Waals surface area contributed by atoms with Crippen molar-refractivity contribution in [3.8, 4) is 0 Å². The number of thiophene rings is 1. The van der Waals surface area contributed by atoms with Gasteiger partial charge in [0.15, 0.2) is 0 Å². The lowest BCUT2D eigenvalue weighted by atomic mass is 10.2. The summed E-state index contributed by atoms with van der Waals surface area (Å²) in [4.78, 5) is 5.24. The minimum Gasteiger partial charge on any atom is -0.380 e. The molecule has 3 aromatic rings. The van der Waals surface area contributed by atoms with Crippen molar-refractivity contribution in [2.24, 2.45) is 0 Å². The number of nitrogens with zero attached hydrogens (tertiary/aromatic N) is 3. The molecular formula is C14H13BrN4S. The third kappa shape index (κ3) is 3.26. The van der Waals surface area contributed by atoms with Crippen LogP contribution in [0.25, 0.3) is 0 Å². The summed E-state index contributed by atoms with van der Waals surface area (Å²) >= 11 is 5.29. The van der Waals surface area contributed by atoms with Crippen LogP contribution in [0, 0.1) is 0 Å². The maximum Gasteiger partial charge on any atom is 0.137 e. The van der Waals surface area contributed by atoms with E-state index in [1.165, 1.54) is 10.4 Å². The molecule has 1 aromatic carbocycles. The largest absolute Gasteiger partial charge is 0.380 e. The maximum atomic E-state index is 4.10. The first kappa shape index (κ1) is 13.3. The number of rotatable bonds is 5. The van der Waals surface area contributed by atoms with E-state index < -0.39 is 0 Å². The van der Waals surface area contributed by atoms with E-state index in [0.29, 0.717) is 0 Å². The SMILES string of the molecule is Brc1ccsc1CNc1ccc(Cn2cncn2)cc1. The summed E-state index contributed by atoms with van der Waals surface area (Å²) in [6.07, 6.45) is 3.27. The van der Waals surface area contributed by atoms with Crippen molar-refractivity contribution in [2.75, 3.05) is 5.32 Å². The van der Waals surface area contributed by atoms with Crippen molar-refractivity contribution >= 4 is 33.0 Å². The van der Waals surface area contributed by atoms with Crippen LogP contribution in [0.2, 0.25) is 0 Å². The molecule has 0 atom stereocenters. The molecule has 6 heteroatoms. The Balaban J connectivity index is 1.60. The van der Waals surface area contributed by atoms with Gasteiger partial charge in [0.2, 0.25) is 0 Å². The summed E-state index contributed by atoms with van der Waals surface area (Å²) < 4.78 is 2.98. The second-order valence-corrected chi connectivity index (χ2v) is 6.19. The highest BCUT2D eigenvalue weighted by Gasteiger charge is 2.01. The van der Waals surface area contributed by atoms with Crippen LogP contribution in [0.4, 0.5) is 5.69 Å². The molecule has 1 N–H and O–H groups in total. The lowest BCUT2D eigenvalue weighted by Crippen LogP contribution is -2.01. The van der Waals surface area contributed by atoms with Gasteiger partial charge in [0.1, 0.15) is 12.7 Å². The first-order chi connectivity index (χ1) is 9.81. The van der Waals surface area contributed by atoms with Gasteiger partial charge in [-0.05, 0) is 45.1 Å². The summed E-state index contributed by atoms with van der Waals surface area (Å²) in [6, 6.07) is 10.5. The van der Waals surface area contributed by atoms with Crippen LogP contribution in [0.15, 0.2) is 52.8 Å². The third-order valence-electron chi connectivity index (χ3n) is 2.91. The monoisotopic (exact) mass is 348 g/mol. The molecule has 0 aliphatic heterocycles. The summed E-state index contributed by atoms with van der Waals surface area (Å²) in [5.41, 5.74) is 2.32. The zero-order valence-corrected chi connectivity index (χ0v) is 13.1. The van der Waals surface area contributed by atoms with E-state index in [2.05, 4.69) is 67.0 Å². The Bertz CT molecular complexity index is 661. The number of nitrogens with one attached hydrogen (secondary N) is 1. The third-order valence-corrected chi connectivity index (χ3v) is 4.84. The first-order valence-corrected chi connectivity index (χ1v) is 7.85. The molecule has 0 radical (unpaired) electrons. The average molecular weight is 349 g/mol. The van der Waals surface area contributed by atoms with Gasteiger partial charge in [0.25, 0.3) is 0 Å². The van der Waals surface area contributed by atoms with E-state index in [0.717, 1.165) is 23.2 Å². The molecule has 0 saturated heterocycles. The van der Waals surface area contributed by atoms with Gasteiger partial charge in [-0.3, -0.25) is 0 Å². The number of halogens is 1. The van der Waals surface area contributed by atoms with E-state index in [4.69, 9.17) is 0 Å². The Kier molecular flexibility index (Phi) is 4.13. The quantitative estimate of drug-likeness (QED) is 0.763. The van der Waals surface area contributed by atoms with Crippen LogP contribution in [-0.2, 0) is 13.1 Å². The van der Waals surface area contributed by atoms with E-state index >= 15 is 0 Å². The van der Waals surface area contributed by atoms with Crippen molar-refractivity contribution in [3.63, 3.8) is 0 Å². The van der Waals surface area contributed by atoms with E-state index in [9.17, 15) is 0 Å². The lowest BCUT2D eigenvalue weighted by molar-refractivity contribution is 0.685. The molecule has 0 saturated carbocycles. The molecule has 0 amide bonds. The van der Waals surface area contributed by atoms with Crippen molar-refractivity contribution < 1.29 is 0 Å². The predicted molar refractivity (Wildman–Crippen MR) is 84.9 cm³/mol. The summed E-state index contributed by atoms with van der Waals surface area (Å²) in [5.74, 6) is 0. The Morgan fingerprint density at radius 3 is 2.70 bits per heavy atom. The molecule has 0 unspecified atom stereocenters. The zero-order chi connectivity index (χ0) is 13.8. The Labute approximate surface area is 129 Å². The van der Waals surface area contributed by atoms with E-state index in [-0.39, 0.29) is 0 Å². The molecule has 4 nitrogen and oxygen atoms in total. The van der Waals surface area contributed by atoms with Crippen LogP contribution in [0.1, 0.15) is 10.4 Å². The second kappa shape index (κ2) is 6.19. The summed E-state index contributed by atoms with van der Waals surface area (Å²) in [6.45, 7) is 1.58. The molecule has 0 fully saturated rings. The Morgan fingerprint density at radius 2 is 2.05 bits per heavy atom. The Hall–Kier alpha value is -1.66. The fourth-order valence-electron chi connectivity index (χ4n) is 1.86. The van der Waals surface area contributed by atoms with Crippen molar-refractivity contribution in [1.29, 1.82) is 0 Å². The molecule has 20 heavy (non-hydrogen) atoms. The van der Waals surface area contributed by atoms with Crippen LogP contribution in [0.3, 0.4) is 0 Å². The van der Waals surface area contributed by atoms with E-state index in [1.807, 2.05) is 4.68 Å². The molecule has 102 valence electrons. The minimum atomic E-state index is 0.747. The van der Waals surface area contributed by atoms with Gasteiger partial charge in [0.05, 0.1) is 13.1 Å². The molecular weight excluding hydrogens is 336 g/mol. The van der Waals surface area contributed by atoms with Crippen molar-refractivity contribution in [2.45, 2.75) is 13.1 Å². The van der Waals surface area contributed by atoms with Crippen molar-refractivity contribution in [3.05, 3.63) is 63.3 Å². The normalized spacial score (nSPS) is 10.7. The molecule has 2 aromatic heterocycles. The second-order valence-electron chi connectivity index (χ2n) is 4.34. The molecule has 0 aliphatic rings. The van der Waals surface area contributed by atoms with Gasteiger partial charge < -0.3 is 5.32 Å².